The lowest BCUT2D eigenvalue weighted by Crippen LogP contribution is -2.34. The molecule has 106 valence electrons. The molecule has 0 saturated carbocycles. The van der Waals surface area contributed by atoms with E-state index in [-0.39, 0.29) is 11.2 Å². The van der Waals surface area contributed by atoms with Crippen LogP contribution in [0.3, 0.4) is 0 Å². The van der Waals surface area contributed by atoms with Crippen LogP contribution >= 0.6 is 0 Å². The molecule has 2 nitrogen and oxygen atoms in total. The van der Waals surface area contributed by atoms with Crippen molar-refractivity contribution in [2.24, 2.45) is 5.92 Å². The highest BCUT2D eigenvalue weighted by atomic mass is 19.1. The molecule has 0 aliphatic carbocycles. The molecule has 1 unspecified atom stereocenters. The van der Waals surface area contributed by atoms with E-state index in [1.165, 1.54) is 31.5 Å². The van der Waals surface area contributed by atoms with Gasteiger partial charge in [-0.05, 0) is 56.1 Å². The number of benzene rings is 1. The maximum absolute atomic E-state index is 12.9. The lowest BCUT2D eigenvalue weighted by atomic mass is 9.84. The second-order valence-electron chi connectivity index (χ2n) is 6.22. The summed E-state index contributed by atoms with van der Waals surface area (Å²) in [6.45, 7) is 8.74. The molecule has 3 heteroatoms. The quantitative estimate of drug-likeness (QED) is 0.772. The van der Waals surface area contributed by atoms with Crippen molar-refractivity contribution >= 4 is 0 Å². The zero-order valence-corrected chi connectivity index (χ0v) is 12.0. The van der Waals surface area contributed by atoms with Gasteiger partial charge in [-0.3, -0.25) is 0 Å². The number of nitrogens with one attached hydrogen (secondary N) is 2. The van der Waals surface area contributed by atoms with Gasteiger partial charge in [-0.1, -0.05) is 26.0 Å². The fraction of sp³-hybridized carbons (Fsp3) is 0.625. The van der Waals surface area contributed by atoms with Gasteiger partial charge in [0.25, 0.3) is 0 Å². The van der Waals surface area contributed by atoms with Crippen LogP contribution in [0.15, 0.2) is 24.3 Å². The summed E-state index contributed by atoms with van der Waals surface area (Å²) in [4.78, 5) is 0. The second kappa shape index (κ2) is 6.49. The van der Waals surface area contributed by atoms with Crippen molar-refractivity contribution in [3.05, 3.63) is 35.6 Å². The van der Waals surface area contributed by atoms with Crippen LogP contribution in [0, 0.1) is 11.7 Å². The summed E-state index contributed by atoms with van der Waals surface area (Å²) in [7, 11) is 0. The molecule has 1 aromatic carbocycles. The van der Waals surface area contributed by atoms with Crippen LogP contribution < -0.4 is 10.6 Å². The highest BCUT2D eigenvalue weighted by Gasteiger charge is 2.20. The maximum atomic E-state index is 12.9. The van der Waals surface area contributed by atoms with Gasteiger partial charge in [-0.25, -0.2) is 4.39 Å². The Kier molecular flexibility index (Phi) is 4.94. The predicted molar refractivity (Wildman–Crippen MR) is 77.9 cm³/mol. The van der Waals surface area contributed by atoms with E-state index in [0.29, 0.717) is 0 Å². The zero-order valence-electron chi connectivity index (χ0n) is 12.0. The van der Waals surface area contributed by atoms with Gasteiger partial charge < -0.3 is 10.6 Å². The average Bonchev–Trinajstić information content (AvgIpc) is 2.88. The van der Waals surface area contributed by atoms with Crippen LogP contribution in [0.1, 0.15) is 32.3 Å². The molecule has 1 fully saturated rings. The highest BCUT2D eigenvalue weighted by molar-refractivity contribution is 5.24. The molecule has 1 heterocycles. The Morgan fingerprint density at radius 1 is 1.32 bits per heavy atom. The van der Waals surface area contributed by atoms with Gasteiger partial charge in [0.2, 0.25) is 0 Å². The molecule has 0 aromatic heterocycles. The standard InChI is InChI=1S/C16H25FN2/c1-16(2,14-3-5-15(17)6-4-14)12-19-10-8-13-7-9-18-11-13/h3-6,13,18-19H,7-12H2,1-2H3. The minimum absolute atomic E-state index is 0.0433. The molecule has 1 aromatic rings. The molecule has 19 heavy (non-hydrogen) atoms. The fourth-order valence-corrected chi connectivity index (χ4v) is 2.67. The predicted octanol–water partition coefficient (Wildman–Crippen LogP) is 2.69. The molecular formula is C16H25FN2. The van der Waals surface area contributed by atoms with E-state index < -0.39 is 0 Å². The monoisotopic (exact) mass is 264 g/mol. The van der Waals surface area contributed by atoms with Crippen LogP contribution in [-0.4, -0.2) is 26.2 Å². The molecule has 2 rings (SSSR count). The molecule has 1 saturated heterocycles. The molecule has 1 atom stereocenters. The average molecular weight is 264 g/mol. The van der Waals surface area contributed by atoms with Crippen molar-refractivity contribution in [2.75, 3.05) is 26.2 Å². The summed E-state index contributed by atoms with van der Waals surface area (Å²) in [5.74, 6) is 0.669. The first-order valence-electron chi connectivity index (χ1n) is 7.25. The van der Waals surface area contributed by atoms with Crippen LogP contribution in [0.25, 0.3) is 0 Å². The van der Waals surface area contributed by atoms with E-state index in [4.69, 9.17) is 0 Å². The van der Waals surface area contributed by atoms with Crippen molar-refractivity contribution in [1.82, 2.24) is 10.6 Å². The molecule has 2 N–H and O–H groups in total. The lowest BCUT2D eigenvalue weighted by Gasteiger charge is -2.26. The molecule has 0 radical (unpaired) electrons. The Bertz CT molecular complexity index is 380. The third-order valence-corrected chi connectivity index (χ3v) is 4.08. The third kappa shape index (κ3) is 4.29. The molecule has 0 amide bonds. The first-order valence-corrected chi connectivity index (χ1v) is 7.25. The first kappa shape index (κ1) is 14.5. The van der Waals surface area contributed by atoms with E-state index in [1.54, 1.807) is 12.1 Å². The molecular weight excluding hydrogens is 239 g/mol. The Morgan fingerprint density at radius 3 is 2.68 bits per heavy atom. The minimum atomic E-state index is -0.166. The van der Waals surface area contributed by atoms with Crippen LogP contribution in [-0.2, 0) is 5.41 Å². The third-order valence-electron chi connectivity index (χ3n) is 4.08. The Labute approximate surface area is 115 Å². The molecule has 0 bridgehead atoms. The largest absolute Gasteiger partial charge is 0.316 e. The van der Waals surface area contributed by atoms with Gasteiger partial charge >= 0.3 is 0 Å². The Morgan fingerprint density at radius 2 is 2.05 bits per heavy atom. The summed E-state index contributed by atoms with van der Waals surface area (Å²) in [6.07, 6.45) is 2.55. The number of hydrogen-bond donors (Lipinski definition) is 2. The first-order chi connectivity index (χ1) is 9.08. The summed E-state index contributed by atoms with van der Waals surface area (Å²) in [5, 5.41) is 6.94. The van der Waals surface area contributed by atoms with Crippen molar-refractivity contribution in [1.29, 1.82) is 0 Å². The van der Waals surface area contributed by atoms with Crippen molar-refractivity contribution in [3.63, 3.8) is 0 Å². The molecule has 1 aliphatic rings. The number of hydrogen-bond acceptors (Lipinski definition) is 2. The minimum Gasteiger partial charge on any atom is -0.316 e. The van der Waals surface area contributed by atoms with Gasteiger partial charge in [0.15, 0.2) is 0 Å². The van der Waals surface area contributed by atoms with E-state index in [9.17, 15) is 4.39 Å². The van der Waals surface area contributed by atoms with Crippen molar-refractivity contribution in [3.8, 4) is 0 Å². The van der Waals surface area contributed by atoms with Crippen LogP contribution in [0.5, 0.6) is 0 Å². The molecule has 1 aliphatic heterocycles. The van der Waals surface area contributed by atoms with E-state index in [2.05, 4.69) is 24.5 Å². The summed E-state index contributed by atoms with van der Waals surface area (Å²) >= 11 is 0. The van der Waals surface area contributed by atoms with E-state index in [1.807, 2.05) is 12.1 Å². The van der Waals surface area contributed by atoms with Crippen LogP contribution in [0.4, 0.5) is 4.39 Å². The van der Waals surface area contributed by atoms with Gasteiger partial charge in [0, 0.05) is 12.0 Å². The van der Waals surface area contributed by atoms with E-state index in [0.717, 1.165) is 19.0 Å². The van der Waals surface area contributed by atoms with Gasteiger partial charge in [-0.15, -0.1) is 0 Å². The van der Waals surface area contributed by atoms with Gasteiger partial charge in [-0.2, -0.15) is 0 Å². The SMILES string of the molecule is CC(C)(CNCCC1CCNC1)c1ccc(F)cc1. The summed E-state index contributed by atoms with van der Waals surface area (Å²) in [5.41, 5.74) is 1.23. The van der Waals surface area contributed by atoms with Crippen LogP contribution in [0.2, 0.25) is 0 Å². The normalized spacial score (nSPS) is 19.8. The fourth-order valence-electron chi connectivity index (χ4n) is 2.67. The zero-order chi connectivity index (χ0) is 13.7. The van der Waals surface area contributed by atoms with Crippen molar-refractivity contribution in [2.45, 2.75) is 32.1 Å². The van der Waals surface area contributed by atoms with E-state index >= 15 is 0 Å². The maximum Gasteiger partial charge on any atom is 0.123 e. The number of rotatable bonds is 6. The lowest BCUT2D eigenvalue weighted by molar-refractivity contribution is 0.437. The van der Waals surface area contributed by atoms with Gasteiger partial charge in [0.05, 0.1) is 0 Å². The topological polar surface area (TPSA) is 24.1 Å². The molecule has 0 spiro atoms. The van der Waals surface area contributed by atoms with Gasteiger partial charge in [0.1, 0.15) is 5.82 Å². The Hall–Kier alpha value is -0.930. The smallest absolute Gasteiger partial charge is 0.123 e. The summed E-state index contributed by atoms with van der Waals surface area (Å²) < 4.78 is 12.9. The second-order valence-corrected chi connectivity index (χ2v) is 6.22. The highest BCUT2D eigenvalue weighted by Crippen LogP contribution is 2.22. The summed E-state index contributed by atoms with van der Waals surface area (Å²) in [6, 6.07) is 6.86. The number of halogens is 1. The van der Waals surface area contributed by atoms with Crippen molar-refractivity contribution < 1.29 is 4.39 Å². The Balaban J connectivity index is 1.75.